The lowest BCUT2D eigenvalue weighted by atomic mass is 10.0. The molecule has 0 aromatic heterocycles. The molecule has 5 heteroatoms. The maximum absolute atomic E-state index is 12.3. The molecule has 0 aliphatic carbocycles. The number of rotatable bonds is 54. The number of unbranched alkanes of at least 4 members (excludes halogenated alkanes) is 34. The molecular weight excluding hydrogens is 837 g/mol. The van der Waals surface area contributed by atoms with Crippen molar-refractivity contribution in [2.75, 3.05) is 13.2 Å². The van der Waals surface area contributed by atoms with Crippen molar-refractivity contribution in [2.24, 2.45) is 0 Å². The fraction of sp³-hybridized carbons (Fsp3) is 0.778. The summed E-state index contributed by atoms with van der Waals surface area (Å²) in [5, 5.41) is 9.64. The maximum atomic E-state index is 12.3. The Kier molecular flexibility index (Phi) is 56.4. The minimum absolute atomic E-state index is 0.0841. The highest BCUT2D eigenvalue weighted by Gasteiger charge is 2.16. The molecule has 0 aromatic rings. The van der Waals surface area contributed by atoms with E-state index in [1.54, 1.807) is 0 Å². The Hall–Kier alpha value is -2.66. The highest BCUT2D eigenvalue weighted by Crippen LogP contribution is 2.17. The van der Waals surface area contributed by atoms with Gasteiger partial charge in [0.05, 0.1) is 6.61 Å². The quantitative estimate of drug-likeness (QED) is 0.0374. The van der Waals surface area contributed by atoms with Gasteiger partial charge >= 0.3 is 11.9 Å². The van der Waals surface area contributed by atoms with Crippen LogP contribution >= 0.6 is 0 Å². The fourth-order valence-corrected chi connectivity index (χ4v) is 8.62. The van der Waals surface area contributed by atoms with Gasteiger partial charge < -0.3 is 14.6 Å². The summed E-state index contributed by atoms with van der Waals surface area (Å²) in [7, 11) is 0. The Morgan fingerprint density at radius 2 is 0.632 bits per heavy atom. The minimum atomic E-state index is -0.798. The van der Waals surface area contributed by atoms with E-state index in [2.05, 4.69) is 86.8 Å². The molecule has 0 spiro atoms. The van der Waals surface area contributed by atoms with Gasteiger partial charge in [0.25, 0.3) is 0 Å². The first kappa shape index (κ1) is 65.3. The summed E-state index contributed by atoms with van der Waals surface area (Å²) in [5.41, 5.74) is 0. The third-order valence-corrected chi connectivity index (χ3v) is 13.0. The normalized spacial score (nSPS) is 12.7. The Labute approximate surface area is 423 Å². The van der Waals surface area contributed by atoms with Crippen molar-refractivity contribution in [3.8, 4) is 0 Å². The molecule has 1 atom stereocenters. The second-order valence-corrected chi connectivity index (χ2v) is 19.7. The van der Waals surface area contributed by atoms with E-state index in [1.807, 2.05) is 0 Å². The van der Waals surface area contributed by atoms with Crippen molar-refractivity contribution in [3.63, 3.8) is 0 Å². The van der Waals surface area contributed by atoms with Crippen molar-refractivity contribution in [1.82, 2.24) is 0 Å². The molecule has 0 fully saturated rings. The van der Waals surface area contributed by atoms with E-state index in [0.717, 1.165) is 77.0 Å². The maximum Gasteiger partial charge on any atom is 0.306 e. The van der Waals surface area contributed by atoms with Crippen molar-refractivity contribution in [2.45, 2.75) is 302 Å². The third-order valence-electron chi connectivity index (χ3n) is 13.0. The average molecular weight is 950 g/mol. The monoisotopic (exact) mass is 949 g/mol. The van der Waals surface area contributed by atoms with E-state index < -0.39 is 6.10 Å². The highest BCUT2D eigenvalue weighted by atomic mass is 16.6. The molecule has 0 rings (SSSR count). The van der Waals surface area contributed by atoms with Crippen LogP contribution in [-0.4, -0.2) is 36.4 Å². The van der Waals surface area contributed by atoms with Crippen LogP contribution in [0.15, 0.2) is 72.9 Å². The van der Waals surface area contributed by atoms with E-state index >= 15 is 0 Å². The fourth-order valence-electron chi connectivity index (χ4n) is 8.62. The number of carbonyl (C=O) groups is 2. The SMILES string of the molecule is CC/C=C\C/C=C\C/C=C\C/C=C\C/C=C\C/C=C\CCCCC(=O)OC(CO)COC(=O)CCCCCCCCCCCCCCCCCCCCCCCCCCCCCCCCCCC. The molecule has 0 aliphatic rings. The third kappa shape index (κ3) is 55.9. The predicted molar refractivity (Wildman–Crippen MR) is 297 cm³/mol. The molecule has 1 unspecified atom stereocenters. The van der Waals surface area contributed by atoms with Gasteiger partial charge in [-0.1, -0.05) is 292 Å². The Morgan fingerprint density at radius 3 is 0.956 bits per heavy atom. The van der Waals surface area contributed by atoms with Gasteiger partial charge in [0, 0.05) is 12.8 Å². The molecule has 5 nitrogen and oxygen atoms in total. The molecular formula is C63H112O5. The van der Waals surface area contributed by atoms with Crippen LogP contribution in [0.1, 0.15) is 296 Å². The van der Waals surface area contributed by atoms with Gasteiger partial charge in [-0.05, 0) is 64.2 Å². The lowest BCUT2D eigenvalue weighted by Crippen LogP contribution is -2.28. The highest BCUT2D eigenvalue weighted by molar-refractivity contribution is 5.70. The van der Waals surface area contributed by atoms with Gasteiger partial charge in [-0.15, -0.1) is 0 Å². The molecule has 0 aliphatic heterocycles. The first-order chi connectivity index (χ1) is 33.6. The van der Waals surface area contributed by atoms with Crippen molar-refractivity contribution in [1.29, 1.82) is 0 Å². The topological polar surface area (TPSA) is 72.8 Å². The molecule has 1 N–H and O–H groups in total. The lowest BCUT2D eigenvalue weighted by Gasteiger charge is -2.15. The number of ether oxygens (including phenoxy) is 2. The number of hydrogen-bond acceptors (Lipinski definition) is 5. The second kappa shape index (κ2) is 58.7. The zero-order chi connectivity index (χ0) is 49.2. The standard InChI is InChI=1S/C63H112O5/c1-3-5-7-9-11-13-15-17-19-21-23-25-26-27-28-29-30-31-32-33-34-35-36-38-39-41-43-45-47-49-51-53-55-57-62(65)67-60-61(59-64)68-63(66)58-56-54-52-50-48-46-44-42-40-37-24-22-20-18-16-14-12-10-8-6-4-2/h6,8,12,14,18,20,24,37,42,44,48,50,61,64H,3-5,7,9-11,13,15-17,19,21-23,25-36,38-41,43,45-47,49,51-60H2,1-2H3/b8-6-,14-12-,20-18-,37-24-,44-42-,50-48-. The minimum Gasteiger partial charge on any atom is -0.462 e. The molecule has 0 amide bonds. The van der Waals surface area contributed by atoms with Crippen molar-refractivity contribution >= 4 is 11.9 Å². The molecule has 0 saturated heterocycles. The summed E-state index contributed by atoms with van der Waals surface area (Å²) >= 11 is 0. The summed E-state index contributed by atoms with van der Waals surface area (Å²) in [6.07, 6.45) is 80.5. The van der Waals surface area contributed by atoms with Crippen molar-refractivity contribution in [3.05, 3.63) is 72.9 Å². The summed E-state index contributed by atoms with van der Waals surface area (Å²) < 4.78 is 10.7. The number of aliphatic hydroxyl groups is 1. The lowest BCUT2D eigenvalue weighted by molar-refractivity contribution is -0.161. The number of esters is 2. The molecule has 0 heterocycles. The van der Waals surface area contributed by atoms with Gasteiger partial charge in [-0.3, -0.25) is 9.59 Å². The van der Waals surface area contributed by atoms with Gasteiger partial charge in [0.15, 0.2) is 6.10 Å². The first-order valence-electron chi connectivity index (χ1n) is 29.5. The largest absolute Gasteiger partial charge is 0.462 e. The summed E-state index contributed by atoms with van der Waals surface area (Å²) in [6.45, 7) is 4.02. The van der Waals surface area contributed by atoms with Crippen LogP contribution < -0.4 is 0 Å². The van der Waals surface area contributed by atoms with Crippen LogP contribution in [0.3, 0.4) is 0 Å². The second-order valence-electron chi connectivity index (χ2n) is 19.7. The molecule has 68 heavy (non-hydrogen) atoms. The van der Waals surface area contributed by atoms with E-state index in [1.165, 1.54) is 193 Å². The molecule has 0 saturated carbocycles. The number of allylic oxidation sites excluding steroid dienone is 12. The van der Waals surface area contributed by atoms with Crippen LogP contribution in [0.5, 0.6) is 0 Å². The Morgan fingerprint density at radius 1 is 0.353 bits per heavy atom. The van der Waals surface area contributed by atoms with E-state index in [9.17, 15) is 14.7 Å². The van der Waals surface area contributed by atoms with Gasteiger partial charge in [0.2, 0.25) is 0 Å². The molecule has 394 valence electrons. The van der Waals surface area contributed by atoms with Crippen LogP contribution in [0.25, 0.3) is 0 Å². The molecule has 0 bridgehead atoms. The Bertz CT molecular complexity index is 1210. The van der Waals surface area contributed by atoms with Crippen LogP contribution in [0.2, 0.25) is 0 Å². The first-order valence-corrected chi connectivity index (χ1v) is 29.5. The number of aliphatic hydroxyl groups excluding tert-OH is 1. The zero-order valence-corrected chi connectivity index (χ0v) is 45.1. The van der Waals surface area contributed by atoms with E-state index in [0.29, 0.717) is 12.8 Å². The predicted octanol–water partition coefficient (Wildman–Crippen LogP) is 20.0. The Balaban J connectivity index is 3.47. The van der Waals surface area contributed by atoms with Gasteiger partial charge in [0.1, 0.15) is 6.61 Å². The molecule has 0 aromatic carbocycles. The van der Waals surface area contributed by atoms with Gasteiger partial charge in [-0.2, -0.15) is 0 Å². The average Bonchev–Trinajstić information content (AvgIpc) is 3.34. The van der Waals surface area contributed by atoms with E-state index in [4.69, 9.17) is 9.47 Å². The zero-order valence-electron chi connectivity index (χ0n) is 45.1. The van der Waals surface area contributed by atoms with Crippen molar-refractivity contribution < 1.29 is 24.2 Å². The van der Waals surface area contributed by atoms with Crippen LogP contribution in [-0.2, 0) is 19.1 Å². The van der Waals surface area contributed by atoms with Crippen LogP contribution in [0, 0.1) is 0 Å². The van der Waals surface area contributed by atoms with Crippen LogP contribution in [0.4, 0.5) is 0 Å². The summed E-state index contributed by atoms with van der Waals surface area (Å²) in [5.74, 6) is -0.633. The summed E-state index contributed by atoms with van der Waals surface area (Å²) in [4.78, 5) is 24.5. The number of hydrogen-bond donors (Lipinski definition) is 1. The molecule has 0 radical (unpaired) electrons. The number of carbonyl (C=O) groups excluding carboxylic acids is 2. The smallest absolute Gasteiger partial charge is 0.306 e. The van der Waals surface area contributed by atoms with Gasteiger partial charge in [-0.25, -0.2) is 0 Å². The summed E-state index contributed by atoms with van der Waals surface area (Å²) in [6, 6.07) is 0. The van der Waals surface area contributed by atoms with E-state index in [-0.39, 0.29) is 25.2 Å².